The van der Waals surface area contributed by atoms with Crippen LogP contribution in [0.2, 0.25) is 0 Å². The first-order valence-electron chi connectivity index (χ1n) is 8.94. The van der Waals surface area contributed by atoms with Crippen LogP contribution in [0, 0.1) is 0 Å². The average molecular weight is 346 g/mol. The lowest BCUT2D eigenvalue weighted by Gasteiger charge is -2.35. The Balaban J connectivity index is 1.31. The molecule has 1 amide bonds. The molecule has 0 saturated carbocycles. The summed E-state index contributed by atoms with van der Waals surface area (Å²) >= 11 is 0. The SMILES string of the molecule is O=C(CN1CCN(c2ccccc2)CC1)Nc1ccc2cnccc2c1. The maximum atomic E-state index is 12.4. The van der Waals surface area contributed by atoms with Gasteiger partial charge in [0.05, 0.1) is 6.54 Å². The van der Waals surface area contributed by atoms with Crippen LogP contribution in [-0.2, 0) is 4.79 Å². The number of carbonyl (C=O) groups is 1. The first kappa shape index (κ1) is 16.5. The number of nitrogens with zero attached hydrogens (tertiary/aromatic N) is 3. The van der Waals surface area contributed by atoms with E-state index in [1.54, 1.807) is 6.20 Å². The van der Waals surface area contributed by atoms with Gasteiger partial charge in [-0.2, -0.15) is 0 Å². The number of benzene rings is 2. The molecule has 5 nitrogen and oxygen atoms in total. The lowest BCUT2D eigenvalue weighted by Crippen LogP contribution is -2.48. The molecule has 0 bridgehead atoms. The van der Waals surface area contributed by atoms with Gasteiger partial charge in [0.25, 0.3) is 0 Å². The van der Waals surface area contributed by atoms with Crippen LogP contribution < -0.4 is 10.2 Å². The van der Waals surface area contributed by atoms with Crippen molar-refractivity contribution in [3.8, 4) is 0 Å². The minimum Gasteiger partial charge on any atom is -0.369 e. The third kappa shape index (κ3) is 3.83. The molecule has 5 heteroatoms. The summed E-state index contributed by atoms with van der Waals surface area (Å²) in [4.78, 5) is 21.1. The summed E-state index contributed by atoms with van der Waals surface area (Å²) in [6.07, 6.45) is 3.59. The zero-order chi connectivity index (χ0) is 17.8. The predicted molar refractivity (Wildman–Crippen MR) is 105 cm³/mol. The van der Waals surface area contributed by atoms with Gasteiger partial charge < -0.3 is 10.2 Å². The minimum absolute atomic E-state index is 0.0339. The van der Waals surface area contributed by atoms with Gasteiger partial charge >= 0.3 is 0 Å². The van der Waals surface area contributed by atoms with Crippen molar-refractivity contribution < 1.29 is 4.79 Å². The van der Waals surface area contributed by atoms with Crippen molar-refractivity contribution in [3.05, 3.63) is 67.0 Å². The van der Waals surface area contributed by atoms with Crippen LogP contribution in [0.15, 0.2) is 67.0 Å². The Hall–Kier alpha value is -2.92. The monoisotopic (exact) mass is 346 g/mol. The van der Waals surface area contributed by atoms with E-state index < -0.39 is 0 Å². The Labute approximate surface area is 153 Å². The molecule has 1 N–H and O–H groups in total. The fraction of sp³-hybridized carbons (Fsp3) is 0.238. The first-order valence-corrected chi connectivity index (χ1v) is 8.94. The van der Waals surface area contributed by atoms with E-state index in [-0.39, 0.29) is 5.91 Å². The number of fused-ring (bicyclic) bond motifs is 1. The number of hydrogen-bond donors (Lipinski definition) is 1. The fourth-order valence-corrected chi connectivity index (χ4v) is 3.37. The van der Waals surface area contributed by atoms with Gasteiger partial charge in [-0.05, 0) is 35.7 Å². The highest BCUT2D eigenvalue weighted by Crippen LogP contribution is 2.18. The van der Waals surface area contributed by atoms with E-state index in [0.29, 0.717) is 6.54 Å². The Morgan fingerprint density at radius 1 is 0.962 bits per heavy atom. The van der Waals surface area contributed by atoms with Crippen molar-refractivity contribution in [1.82, 2.24) is 9.88 Å². The van der Waals surface area contributed by atoms with Gasteiger partial charge in [-0.3, -0.25) is 14.7 Å². The first-order chi connectivity index (χ1) is 12.8. The highest BCUT2D eigenvalue weighted by molar-refractivity contribution is 5.95. The zero-order valence-electron chi connectivity index (χ0n) is 14.6. The summed E-state index contributed by atoms with van der Waals surface area (Å²) in [6.45, 7) is 4.11. The maximum absolute atomic E-state index is 12.4. The Bertz CT molecular complexity index is 889. The molecule has 4 rings (SSSR count). The minimum atomic E-state index is 0.0339. The van der Waals surface area contributed by atoms with Crippen molar-refractivity contribution in [2.24, 2.45) is 0 Å². The zero-order valence-corrected chi connectivity index (χ0v) is 14.6. The summed E-state index contributed by atoms with van der Waals surface area (Å²) in [7, 11) is 0. The summed E-state index contributed by atoms with van der Waals surface area (Å²) in [5.74, 6) is 0.0339. The van der Waals surface area contributed by atoms with Gasteiger partial charge in [0.1, 0.15) is 0 Å². The summed E-state index contributed by atoms with van der Waals surface area (Å²) in [6, 6.07) is 18.3. The van der Waals surface area contributed by atoms with E-state index in [9.17, 15) is 4.79 Å². The second-order valence-electron chi connectivity index (χ2n) is 6.58. The number of aromatic nitrogens is 1. The number of amides is 1. The Morgan fingerprint density at radius 2 is 1.77 bits per heavy atom. The van der Waals surface area contributed by atoms with E-state index in [0.717, 1.165) is 42.6 Å². The van der Waals surface area contributed by atoms with E-state index >= 15 is 0 Å². The maximum Gasteiger partial charge on any atom is 0.238 e. The molecule has 0 atom stereocenters. The van der Waals surface area contributed by atoms with Gasteiger partial charge in [-0.1, -0.05) is 24.3 Å². The highest BCUT2D eigenvalue weighted by Gasteiger charge is 2.19. The number of rotatable bonds is 4. The number of anilines is 2. The van der Waals surface area contributed by atoms with Gasteiger partial charge in [0, 0.05) is 55.3 Å². The van der Waals surface area contributed by atoms with E-state index in [1.165, 1.54) is 5.69 Å². The number of carbonyl (C=O) groups excluding carboxylic acids is 1. The normalized spacial score (nSPS) is 15.2. The molecule has 2 heterocycles. The summed E-state index contributed by atoms with van der Waals surface area (Å²) in [5.41, 5.74) is 2.08. The summed E-state index contributed by atoms with van der Waals surface area (Å²) < 4.78 is 0. The molecule has 3 aromatic rings. The molecule has 1 aliphatic rings. The second kappa shape index (κ2) is 7.54. The van der Waals surface area contributed by atoms with Crippen LogP contribution in [0.3, 0.4) is 0 Å². The highest BCUT2D eigenvalue weighted by atomic mass is 16.2. The molecule has 1 fully saturated rings. The molecule has 1 aromatic heterocycles. The van der Waals surface area contributed by atoms with E-state index in [4.69, 9.17) is 0 Å². The van der Waals surface area contributed by atoms with Crippen LogP contribution in [0.1, 0.15) is 0 Å². The third-order valence-electron chi connectivity index (χ3n) is 4.79. The molecule has 2 aromatic carbocycles. The largest absolute Gasteiger partial charge is 0.369 e. The molecule has 0 radical (unpaired) electrons. The van der Waals surface area contributed by atoms with Crippen LogP contribution in [0.25, 0.3) is 10.8 Å². The quantitative estimate of drug-likeness (QED) is 0.789. The molecule has 0 unspecified atom stereocenters. The predicted octanol–water partition coefficient (Wildman–Crippen LogP) is 3.00. The second-order valence-corrected chi connectivity index (χ2v) is 6.58. The molecule has 0 aliphatic carbocycles. The number of pyridine rings is 1. The van der Waals surface area contributed by atoms with Crippen molar-refractivity contribution in [2.75, 3.05) is 42.9 Å². The number of para-hydroxylation sites is 1. The molecular weight excluding hydrogens is 324 g/mol. The summed E-state index contributed by atoms with van der Waals surface area (Å²) in [5, 5.41) is 5.16. The van der Waals surface area contributed by atoms with Gasteiger partial charge in [0.2, 0.25) is 5.91 Å². The Morgan fingerprint density at radius 3 is 2.58 bits per heavy atom. The molecule has 1 saturated heterocycles. The van der Waals surface area contributed by atoms with Crippen molar-refractivity contribution in [3.63, 3.8) is 0 Å². The van der Waals surface area contributed by atoms with E-state index in [2.05, 4.69) is 44.4 Å². The third-order valence-corrected chi connectivity index (χ3v) is 4.79. The fourth-order valence-electron chi connectivity index (χ4n) is 3.37. The van der Waals surface area contributed by atoms with Crippen LogP contribution in [0.4, 0.5) is 11.4 Å². The van der Waals surface area contributed by atoms with Gasteiger partial charge in [-0.15, -0.1) is 0 Å². The van der Waals surface area contributed by atoms with Crippen LogP contribution in [0.5, 0.6) is 0 Å². The lowest BCUT2D eigenvalue weighted by atomic mass is 10.1. The molecule has 0 spiro atoms. The number of nitrogens with one attached hydrogen (secondary N) is 1. The molecule has 1 aliphatic heterocycles. The van der Waals surface area contributed by atoms with Crippen molar-refractivity contribution in [1.29, 1.82) is 0 Å². The standard InChI is InChI=1S/C21H22N4O/c26-21(23-19-7-6-18-15-22-9-8-17(18)14-19)16-24-10-12-25(13-11-24)20-4-2-1-3-5-20/h1-9,14-15H,10-13,16H2,(H,23,26). The number of hydrogen-bond acceptors (Lipinski definition) is 4. The average Bonchev–Trinajstić information content (AvgIpc) is 2.69. The van der Waals surface area contributed by atoms with E-state index in [1.807, 2.05) is 36.5 Å². The van der Waals surface area contributed by atoms with Crippen LogP contribution >= 0.6 is 0 Å². The van der Waals surface area contributed by atoms with Gasteiger partial charge in [-0.25, -0.2) is 0 Å². The van der Waals surface area contributed by atoms with Crippen molar-refractivity contribution in [2.45, 2.75) is 0 Å². The molecular formula is C21H22N4O. The Kier molecular flexibility index (Phi) is 4.80. The lowest BCUT2D eigenvalue weighted by molar-refractivity contribution is -0.117. The topological polar surface area (TPSA) is 48.5 Å². The van der Waals surface area contributed by atoms with Gasteiger partial charge in [0.15, 0.2) is 0 Å². The smallest absolute Gasteiger partial charge is 0.238 e. The van der Waals surface area contributed by atoms with Crippen LogP contribution in [-0.4, -0.2) is 48.5 Å². The number of piperazine rings is 1. The molecule has 26 heavy (non-hydrogen) atoms. The molecule has 132 valence electrons. The van der Waals surface area contributed by atoms with Crippen molar-refractivity contribution >= 4 is 28.1 Å².